The van der Waals surface area contributed by atoms with Gasteiger partial charge in [-0.3, -0.25) is 4.79 Å². The summed E-state index contributed by atoms with van der Waals surface area (Å²) < 4.78 is 24.5. The van der Waals surface area contributed by atoms with Gasteiger partial charge in [-0.1, -0.05) is 12.1 Å². The van der Waals surface area contributed by atoms with Crippen LogP contribution in [0.3, 0.4) is 0 Å². The molecule has 1 heterocycles. The third-order valence-corrected chi connectivity index (χ3v) is 3.09. The SMILES string of the molecule is Nc1ccc(C(=O)C2COc3ccccc3O2)cc1F. The predicted molar refractivity (Wildman–Crippen MR) is 71.5 cm³/mol. The van der Waals surface area contributed by atoms with Crippen molar-refractivity contribution in [3.8, 4) is 11.5 Å². The third kappa shape index (κ3) is 2.18. The second kappa shape index (κ2) is 4.85. The number of Topliss-reactive ketones (excluding diaryl/α,β-unsaturated/α-hetero) is 1. The average Bonchev–Trinajstić information content (AvgIpc) is 2.49. The number of carbonyl (C=O) groups is 1. The Morgan fingerprint density at radius 2 is 1.95 bits per heavy atom. The smallest absolute Gasteiger partial charge is 0.206 e. The molecule has 0 radical (unpaired) electrons. The molecular weight excluding hydrogens is 261 g/mol. The van der Waals surface area contributed by atoms with Crippen molar-refractivity contribution in [1.29, 1.82) is 0 Å². The number of para-hydroxylation sites is 2. The molecule has 2 aromatic rings. The number of nitrogen functional groups attached to an aromatic ring is 1. The van der Waals surface area contributed by atoms with E-state index in [4.69, 9.17) is 15.2 Å². The van der Waals surface area contributed by atoms with Crippen LogP contribution in [0.15, 0.2) is 42.5 Å². The number of benzene rings is 2. The van der Waals surface area contributed by atoms with E-state index in [-0.39, 0.29) is 23.6 Å². The summed E-state index contributed by atoms with van der Waals surface area (Å²) in [5.74, 6) is 0.152. The normalized spacial score (nSPS) is 16.8. The summed E-state index contributed by atoms with van der Waals surface area (Å²) in [5, 5.41) is 0. The molecule has 0 aromatic heterocycles. The van der Waals surface area contributed by atoms with Crippen molar-refractivity contribution in [2.75, 3.05) is 12.3 Å². The molecule has 0 fully saturated rings. The van der Waals surface area contributed by atoms with Crippen molar-refractivity contribution < 1.29 is 18.7 Å². The fourth-order valence-corrected chi connectivity index (χ4v) is 2.02. The highest BCUT2D eigenvalue weighted by atomic mass is 19.1. The molecule has 1 aliphatic rings. The Balaban J connectivity index is 1.84. The lowest BCUT2D eigenvalue weighted by molar-refractivity contribution is 0.0585. The molecule has 0 aliphatic carbocycles. The summed E-state index contributed by atoms with van der Waals surface area (Å²) in [6.07, 6.45) is -0.784. The first-order valence-corrected chi connectivity index (χ1v) is 6.13. The second-order valence-corrected chi connectivity index (χ2v) is 4.46. The van der Waals surface area contributed by atoms with E-state index in [1.807, 2.05) is 6.07 Å². The van der Waals surface area contributed by atoms with Crippen molar-refractivity contribution in [2.24, 2.45) is 0 Å². The Kier molecular flexibility index (Phi) is 3.02. The number of halogens is 1. The molecule has 0 amide bonds. The minimum atomic E-state index is -0.784. The number of ether oxygens (including phenoxy) is 2. The first-order valence-electron chi connectivity index (χ1n) is 6.13. The minimum Gasteiger partial charge on any atom is -0.485 e. The van der Waals surface area contributed by atoms with E-state index in [0.717, 1.165) is 6.07 Å². The van der Waals surface area contributed by atoms with Crippen LogP contribution < -0.4 is 15.2 Å². The summed E-state index contributed by atoms with van der Waals surface area (Å²) in [6.45, 7) is 0.0990. The van der Waals surface area contributed by atoms with Gasteiger partial charge in [0.05, 0.1) is 5.69 Å². The lowest BCUT2D eigenvalue weighted by Crippen LogP contribution is -2.36. The largest absolute Gasteiger partial charge is 0.485 e. The number of hydrogen-bond acceptors (Lipinski definition) is 4. The van der Waals surface area contributed by atoms with Crippen molar-refractivity contribution in [3.05, 3.63) is 53.8 Å². The number of fused-ring (bicyclic) bond motifs is 1. The zero-order chi connectivity index (χ0) is 14.1. The molecule has 5 heteroatoms. The zero-order valence-corrected chi connectivity index (χ0v) is 10.5. The molecule has 1 aliphatic heterocycles. The van der Waals surface area contributed by atoms with Crippen LogP contribution in [0.1, 0.15) is 10.4 Å². The summed E-state index contributed by atoms with van der Waals surface area (Å²) in [6, 6.07) is 11.0. The standard InChI is InChI=1S/C15H12FNO3/c16-10-7-9(5-6-11(10)17)15(18)14-8-19-12-3-1-2-4-13(12)20-14/h1-7,14H,8,17H2. The van der Waals surface area contributed by atoms with Crippen molar-refractivity contribution in [3.63, 3.8) is 0 Å². The van der Waals surface area contributed by atoms with Gasteiger partial charge in [0.1, 0.15) is 12.4 Å². The molecule has 1 unspecified atom stereocenters. The maximum atomic E-state index is 13.4. The Hall–Kier alpha value is -2.56. The quantitative estimate of drug-likeness (QED) is 0.674. The Labute approximate surface area is 114 Å². The van der Waals surface area contributed by atoms with Gasteiger partial charge in [0, 0.05) is 5.56 Å². The van der Waals surface area contributed by atoms with Crippen LogP contribution in [0.4, 0.5) is 10.1 Å². The van der Waals surface area contributed by atoms with E-state index in [0.29, 0.717) is 11.5 Å². The van der Waals surface area contributed by atoms with Gasteiger partial charge in [0.2, 0.25) is 5.78 Å². The van der Waals surface area contributed by atoms with Gasteiger partial charge in [0.25, 0.3) is 0 Å². The van der Waals surface area contributed by atoms with Gasteiger partial charge >= 0.3 is 0 Å². The highest BCUT2D eigenvalue weighted by Gasteiger charge is 2.28. The number of nitrogens with two attached hydrogens (primary N) is 1. The van der Waals surface area contributed by atoms with E-state index in [2.05, 4.69) is 0 Å². The lowest BCUT2D eigenvalue weighted by Gasteiger charge is -2.25. The van der Waals surface area contributed by atoms with Crippen LogP contribution in [0.5, 0.6) is 11.5 Å². The molecule has 102 valence electrons. The number of anilines is 1. The van der Waals surface area contributed by atoms with E-state index < -0.39 is 11.9 Å². The molecule has 3 rings (SSSR count). The predicted octanol–water partition coefficient (Wildman–Crippen LogP) is 2.43. The van der Waals surface area contributed by atoms with Crippen molar-refractivity contribution in [2.45, 2.75) is 6.10 Å². The fourth-order valence-electron chi connectivity index (χ4n) is 2.02. The fraction of sp³-hybridized carbons (Fsp3) is 0.133. The first-order chi connectivity index (χ1) is 9.65. The Bertz CT molecular complexity index is 672. The number of hydrogen-bond donors (Lipinski definition) is 1. The Morgan fingerprint density at radius 3 is 2.70 bits per heavy atom. The van der Waals surface area contributed by atoms with E-state index in [1.54, 1.807) is 18.2 Å². The highest BCUT2D eigenvalue weighted by Crippen LogP contribution is 2.31. The second-order valence-electron chi connectivity index (χ2n) is 4.46. The molecule has 0 bridgehead atoms. The molecule has 4 nitrogen and oxygen atoms in total. The number of carbonyl (C=O) groups excluding carboxylic acids is 1. The molecule has 2 aromatic carbocycles. The van der Waals surface area contributed by atoms with Gasteiger partial charge < -0.3 is 15.2 Å². The molecular formula is C15H12FNO3. The van der Waals surface area contributed by atoms with Crippen LogP contribution in [-0.4, -0.2) is 18.5 Å². The van der Waals surface area contributed by atoms with E-state index >= 15 is 0 Å². The van der Waals surface area contributed by atoms with Gasteiger partial charge in [0.15, 0.2) is 17.6 Å². The number of rotatable bonds is 2. The van der Waals surface area contributed by atoms with Crippen molar-refractivity contribution in [1.82, 2.24) is 0 Å². The molecule has 20 heavy (non-hydrogen) atoms. The van der Waals surface area contributed by atoms with Crippen LogP contribution >= 0.6 is 0 Å². The topological polar surface area (TPSA) is 61.6 Å². The van der Waals surface area contributed by atoms with Gasteiger partial charge in [-0.15, -0.1) is 0 Å². The molecule has 2 N–H and O–H groups in total. The van der Waals surface area contributed by atoms with Crippen LogP contribution in [0.25, 0.3) is 0 Å². The maximum absolute atomic E-state index is 13.4. The molecule has 0 saturated heterocycles. The van der Waals surface area contributed by atoms with E-state index in [1.165, 1.54) is 12.1 Å². The van der Waals surface area contributed by atoms with Crippen LogP contribution in [0, 0.1) is 5.82 Å². The number of ketones is 1. The monoisotopic (exact) mass is 273 g/mol. The van der Waals surface area contributed by atoms with Crippen LogP contribution in [-0.2, 0) is 0 Å². The first kappa shape index (κ1) is 12.5. The summed E-state index contributed by atoms with van der Waals surface area (Å²) >= 11 is 0. The molecule has 0 saturated carbocycles. The van der Waals surface area contributed by atoms with Gasteiger partial charge in [-0.05, 0) is 30.3 Å². The minimum absolute atomic E-state index is 0.00714. The van der Waals surface area contributed by atoms with Crippen LogP contribution in [0.2, 0.25) is 0 Å². The van der Waals surface area contributed by atoms with E-state index in [9.17, 15) is 9.18 Å². The highest BCUT2D eigenvalue weighted by molar-refractivity contribution is 6.00. The third-order valence-electron chi connectivity index (χ3n) is 3.09. The lowest BCUT2D eigenvalue weighted by atomic mass is 10.1. The zero-order valence-electron chi connectivity index (χ0n) is 10.5. The Morgan fingerprint density at radius 1 is 1.20 bits per heavy atom. The summed E-state index contributed by atoms with van der Waals surface area (Å²) in [4.78, 5) is 12.3. The summed E-state index contributed by atoms with van der Waals surface area (Å²) in [7, 11) is 0. The molecule has 1 atom stereocenters. The molecule has 0 spiro atoms. The van der Waals surface area contributed by atoms with Crippen molar-refractivity contribution >= 4 is 11.5 Å². The van der Waals surface area contributed by atoms with Gasteiger partial charge in [-0.25, -0.2) is 4.39 Å². The van der Waals surface area contributed by atoms with Gasteiger partial charge in [-0.2, -0.15) is 0 Å². The summed E-state index contributed by atoms with van der Waals surface area (Å²) in [5.41, 5.74) is 5.61. The maximum Gasteiger partial charge on any atom is 0.206 e. The average molecular weight is 273 g/mol.